The highest BCUT2D eigenvalue weighted by atomic mass is 15.3. The smallest absolute Gasteiger partial charge is 0.191 e. The molecule has 0 unspecified atom stereocenters. The molecule has 1 aliphatic rings. The molecule has 2 N–H and O–H groups in total. The molecule has 6 heteroatoms. The van der Waals surface area contributed by atoms with Gasteiger partial charge in [-0.25, -0.2) is 4.99 Å². The van der Waals surface area contributed by atoms with Crippen molar-refractivity contribution in [2.45, 2.75) is 39.2 Å². The number of aliphatic imine (C=N–C) groups is 1. The van der Waals surface area contributed by atoms with Crippen molar-refractivity contribution in [3.8, 4) is 0 Å². The molecule has 0 radical (unpaired) electrons. The average Bonchev–Trinajstić information content (AvgIpc) is 3.28. The first-order valence-corrected chi connectivity index (χ1v) is 8.17. The van der Waals surface area contributed by atoms with E-state index in [-0.39, 0.29) is 0 Å². The number of nitrogens with zero attached hydrogens (tertiary/aromatic N) is 4. The summed E-state index contributed by atoms with van der Waals surface area (Å²) in [6, 6.07) is 5.88. The van der Waals surface area contributed by atoms with Crippen LogP contribution < -0.4 is 10.6 Å². The lowest BCUT2D eigenvalue weighted by molar-refractivity contribution is 0.644. The zero-order valence-corrected chi connectivity index (χ0v) is 13.1. The van der Waals surface area contributed by atoms with Gasteiger partial charge in [0, 0.05) is 19.3 Å². The van der Waals surface area contributed by atoms with Gasteiger partial charge in [-0.3, -0.25) is 4.40 Å². The summed E-state index contributed by atoms with van der Waals surface area (Å²) in [6.45, 7) is 4.43. The van der Waals surface area contributed by atoms with Crippen LogP contribution in [0.4, 0.5) is 0 Å². The molecule has 6 nitrogen and oxygen atoms in total. The summed E-state index contributed by atoms with van der Waals surface area (Å²) in [5, 5.41) is 15.0. The second-order valence-corrected chi connectivity index (χ2v) is 5.75. The van der Waals surface area contributed by atoms with Crippen molar-refractivity contribution in [1.82, 2.24) is 25.2 Å². The van der Waals surface area contributed by atoms with Gasteiger partial charge in [-0.15, -0.1) is 10.2 Å². The van der Waals surface area contributed by atoms with Crippen LogP contribution in [0.2, 0.25) is 0 Å². The topological polar surface area (TPSA) is 66.6 Å². The highest BCUT2D eigenvalue weighted by Gasteiger charge is 2.19. The molecule has 22 heavy (non-hydrogen) atoms. The highest BCUT2D eigenvalue weighted by Crippen LogP contribution is 2.33. The lowest BCUT2D eigenvalue weighted by atomic mass is 10.2. The van der Waals surface area contributed by atoms with E-state index in [0.29, 0.717) is 6.54 Å². The Morgan fingerprint density at radius 1 is 1.32 bits per heavy atom. The van der Waals surface area contributed by atoms with Crippen LogP contribution in [0, 0.1) is 5.92 Å². The number of hydrogen-bond acceptors (Lipinski definition) is 3. The van der Waals surface area contributed by atoms with Crippen LogP contribution in [0.15, 0.2) is 29.4 Å². The molecule has 2 aromatic heterocycles. The van der Waals surface area contributed by atoms with Gasteiger partial charge in [0.1, 0.15) is 6.54 Å². The fraction of sp³-hybridized carbons (Fsp3) is 0.562. The van der Waals surface area contributed by atoms with Gasteiger partial charge in [0.2, 0.25) is 0 Å². The van der Waals surface area contributed by atoms with Gasteiger partial charge < -0.3 is 10.6 Å². The Morgan fingerprint density at radius 3 is 3.05 bits per heavy atom. The number of nitrogens with one attached hydrogen (secondary N) is 2. The molecule has 0 atom stereocenters. The molecule has 0 saturated heterocycles. The molecule has 1 fully saturated rings. The van der Waals surface area contributed by atoms with Gasteiger partial charge in [-0.05, 0) is 37.8 Å². The number of rotatable bonds is 7. The van der Waals surface area contributed by atoms with Crippen molar-refractivity contribution >= 4 is 11.6 Å². The number of guanidine groups is 1. The third kappa shape index (κ3) is 3.96. The van der Waals surface area contributed by atoms with E-state index in [1.165, 1.54) is 25.7 Å². The van der Waals surface area contributed by atoms with E-state index in [0.717, 1.165) is 36.4 Å². The molecule has 118 valence electrons. The molecule has 1 aliphatic carbocycles. The number of aromatic nitrogens is 3. The van der Waals surface area contributed by atoms with Crippen LogP contribution in [-0.4, -0.2) is 33.6 Å². The standard InChI is InChI=1S/C16H24N6/c1-2-17-16(18-10-5-6-13-8-9-13)19-12-15-21-20-14-7-3-4-11-22(14)15/h3-4,7,11,13H,2,5-6,8-10,12H2,1H3,(H2,17,18,19). The highest BCUT2D eigenvalue weighted by molar-refractivity contribution is 5.79. The summed E-state index contributed by atoms with van der Waals surface area (Å²) in [4.78, 5) is 4.61. The van der Waals surface area contributed by atoms with Gasteiger partial charge in [0.25, 0.3) is 0 Å². The Kier molecular flexibility index (Phi) is 4.88. The van der Waals surface area contributed by atoms with Crippen molar-refractivity contribution in [3.05, 3.63) is 30.2 Å². The van der Waals surface area contributed by atoms with Gasteiger partial charge in [0.15, 0.2) is 17.4 Å². The van der Waals surface area contributed by atoms with Crippen molar-refractivity contribution in [3.63, 3.8) is 0 Å². The molecule has 0 amide bonds. The number of hydrogen-bond donors (Lipinski definition) is 2. The lowest BCUT2D eigenvalue weighted by Gasteiger charge is -2.10. The third-order valence-corrected chi connectivity index (χ3v) is 3.89. The van der Waals surface area contributed by atoms with Crippen molar-refractivity contribution in [2.24, 2.45) is 10.9 Å². The van der Waals surface area contributed by atoms with E-state index in [1.807, 2.05) is 28.8 Å². The summed E-state index contributed by atoms with van der Waals surface area (Å²) in [5.74, 6) is 2.69. The number of fused-ring (bicyclic) bond motifs is 1. The molecule has 0 spiro atoms. The Hall–Kier alpha value is -2.11. The molecule has 0 aliphatic heterocycles. The quantitative estimate of drug-likeness (QED) is 0.466. The maximum Gasteiger partial charge on any atom is 0.191 e. The Labute approximate surface area is 131 Å². The minimum Gasteiger partial charge on any atom is -0.357 e. The largest absolute Gasteiger partial charge is 0.357 e. The van der Waals surface area contributed by atoms with E-state index in [9.17, 15) is 0 Å². The Morgan fingerprint density at radius 2 is 2.23 bits per heavy atom. The van der Waals surface area contributed by atoms with E-state index < -0.39 is 0 Å². The SMILES string of the molecule is CCNC(=NCc1nnc2ccccn12)NCCCC1CC1. The van der Waals surface area contributed by atoms with Crippen LogP contribution in [0.25, 0.3) is 5.65 Å². The van der Waals surface area contributed by atoms with Crippen LogP contribution in [0.5, 0.6) is 0 Å². The second kappa shape index (κ2) is 7.24. The molecular weight excluding hydrogens is 276 g/mol. The predicted molar refractivity (Wildman–Crippen MR) is 87.8 cm³/mol. The monoisotopic (exact) mass is 300 g/mol. The van der Waals surface area contributed by atoms with Gasteiger partial charge in [-0.2, -0.15) is 0 Å². The maximum absolute atomic E-state index is 4.61. The van der Waals surface area contributed by atoms with Crippen molar-refractivity contribution < 1.29 is 0 Å². The fourth-order valence-electron chi connectivity index (χ4n) is 2.49. The van der Waals surface area contributed by atoms with Gasteiger partial charge in [-0.1, -0.05) is 18.9 Å². The summed E-state index contributed by atoms with van der Waals surface area (Å²) in [7, 11) is 0. The molecule has 1 saturated carbocycles. The van der Waals surface area contributed by atoms with Crippen LogP contribution in [0.3, 0.4) is 0 Å². The van der Waals surface area contributed by atoms with Crippen molar-refractivity contribution in [2.75, 3.05) is 13.1 Å². The second-order valence-electron chi connectivity index (χ2n) is 5.75. The van der Waals surface area contributed by atoms with E-state index in [1.54, 1.807) is 0 Å². The molecule has 3 rings (SSSR count). The van der Waals surface area contributed by atoms with Crippen LogP contribution in [-0.2, 0) is 6.54 Å². The first-order chi connectivity index (χ1) is 10.9. The molecule has 2 aromatic rings. The Balaban J connectivity index is 1.56. The lowest BCUT2D eigenvalue weighted by Crippen LogP contribution is -2.37. The summed E-state index contributed by atoms with van der Waals surface area (Å²) in [5.41, 5.74) is 0.857. The molecule has 0 aromatic carbocycles. The van der Waals surface area contributed by atoms with Gasteiger partial charge >= 0.3 is 0 Å². The first kappa shape index (κ1) is 14.8. The fourth-order valence-corrected chi connectivity index (χ4v) is 2.49. The summed E-state index contributed by atoms with van der Waals surface area (Å²) in [6.07, 6.45) is 7.36. The predicted octanol–water partition coefficient (Wildman–Crippen LogP) is 1.97. The Bertz CT molecular complexity index is 628. The van der Waals surface area contributed by atoms with E-state index in [4.69, 9.17) is 0 Å². The summed E-state index contributed by atoms with van der Waals surface area (Å²) >= 11 is 0. The third-order valence-electron chi connectivity index (χ3n) is 3.89. The molecule has 0 bridgehead atoms. The maximum atomic E-state index is 4.61. The number of pyridine rings is 1. The molecular formula is C16H24N6. The average molecular weight is 300 g/mol. The van der Waals surface area contributed by atoms with Crippen LogP contribution >= 0.6 is 0 Å². The molecule has 2 heterocycles. The normalized spacial score (nSPS) is 15.2. The zero-order chi connectivity index (χ0) is 15.2. The van der Waals surface area contributed by atoms with Gasteiger partial charge in [0.05, 0.1) is 0 Å². The minimum atomic E-state index is 0.517. The van der Waals surface area contributed by atoms with Crippen molar-refractivity contribution in [1.29, 1.82) is 0 Å². The first-order valence-electron chi connectivity index (χ1n) is 8.17. The van der Waals surface area contributed by atoms with Crippen LogP contribution in [0.1, 0.15) is 38.4 Å². The zero-order valence-electron chi connectivity index (χ0n) is 13.1. The van der Waals surface area contributed by atoms with E-state index >= 15 is 0 Å². The van der Waals surface area contributed by atoms with E-state index in [2.05, 4.69) is 32.7 Å². The summed E-state index contributed by atoms with van der Waals surface area (Å²) < 4.78 is 1.97. The minimum absolute atomic E-state index is 0.517.